The first-order chi connectivity index (χ1) is 49.9. The minimum absolute atomic E-state index is 0.0276. The summed E-state index contributed by atoms with van der Waals surface area (Å²) in [5.74, 6) is -6.63. The summed E-state index contributed by atoms with van der Waals surface area (Å²) in [6, 6.07) is 11.7. The Hall–Kier alpha value is -8.37. The van der Waals surface area contributed by atoms with E-state index >= 15 is 0 Å². The van der Waals surface area contributed by atoms with Crippen LogP contribution in [0.2, 0.25) is 0 Å². The number of urea groups is 1. The molecule has 1 unspecified atom stereocenters. The molecule has 0 spiro atoms. The molecule has 9 N–H and O–H groups in total. The average molecular weight is 1490 g/mol. The lowest BCUT2D eigenvalue weighted by Crippen LogP contribution is -2.54. The standard InChI is InChI=1S/C67H106N8O14.C11H21N3O3/c1-16-43(8)61(55(87-14)38-58(81)75-34-22-26-51(75)63(88-15)45(10)52(76)35-44(9)62(82)47-23-18-17-19-24-47)73(12)65(84)50(40(2)3)37-54(78)60(42(6)7)74(13)67(86)89-39-46-29-31-49(32-30-46)71-64(83)48(25-21-33-70-66(68)85)36-53(77)59(41(4)5)72-57(80)28-20-27-56(79)69-11;1-5-6-10(16)14(4)7-9(15)13-8(2)11(17)12-3/h17-19,23-24,29-32,40-45,48,50-51,55,59-63,82H,16,20-22,25-28,33-39H2,1-15H3,(H,69,79)(H,71,83)(H,72,80)(H3,68,70,85);8H,5-7H2,1-4H3,(H,12,17)(H,13,15)/t43-,44-,45-,48+,50-,51-,55+,59-,60-,61-,62+,63+;/m0./s1. The highest BCUT2D eigenvalue weighted by Gasteiger charge is 2.44. The van der Waals surface area contributed by atoms with E-state index in [1.165, 1.54) is 38.1 Å². The molecule has 2 aromatic rings. The fourth-order valence-corrected chi connectivity index (χ4v) is 13.4. The topological polar surface area (TPSA) is 381 Å². The Balaban J connectivity index is 0.00000197. The van der Waals surface area contributed by atoms with E-state index < -0.39 is 78.3 Å². The van der Waals surface area contributed by atoms with Crippen LogP contribution in [0.1, 0.15) is 190 Å². The Labute approximate surface area is 628 Å². The number of likely N-dealkylation sites (N-methyl/N-ethyl adjacent to an activating group) is 4. The van der Waals surface area contributed by atoms with E-state index in [0.717, 1.165) is 12.0 Å². The van der Waals surface area contributed by atoms with Crippen LogP contribution in [-0.4, -0.2) is 213 Å². The fraction of sp³-hybridized carbons (Fsp3) is 0.679. The monoisotopic (exact) mass is 1490 g/mol. The van der Waals surface area contributed by atoms with Crippen molar-refractivity contribution in [1.29, 1.82) is 0 Å². The summed E-state index contributed by atoms with van der Waals surface area (Å²) in [4.78, 5) is 175. The molecular formula is C78H127N11O17. The second kappa shape index (κ2) is 48.0. The van der Waals surface area contributed by atoms with Gasteiger partial charge in [0.25, 0.3) is 0 Å². The Morgan fingerprint density at radius 3 is 1.84 bits per heavy atom. The van der Waals surface area contributed by atoms with Gasteiger partial charge in [-0.1, -0.05) is 125 Å². The zero-order chi connectivity index (χ0) is 80.2. The number of likely N-dealkylation sites (tertiary alicyclic amines) is 1. The van der Waals surface area contributed by atoms with E-state index in [0.29, 0.717) is 56.3 Å². The van der Waals surface area contributed by atoms with Crippen molar-refractivity contribution in [2.24, 2.45) is 53.1 Å². The number of rotatable bonds is 45. The molecule has 28 nitrogen and oxygen atoms in total. The summed E-state index contributed by atoms with van der Waals surface area (Å²) in [6.07, 6.45) is 0.990. The van der Waals surface area contributed by atoms with Gasteiger partial charge in [0.1, 0.15) is 18.4 Å². The summed E-state index contributed by atoms with van der Waals surface area (Å²) < 4.78 is 17.8. The van der Waals surface area contributed by atoms with Gasteiger partial charge in [-0.3, -0.25) is 52.7 Å². The first kappa shape index (κ1) is 93.7. The smallest absolute Gasteiger partial charge is 0.410 e. The van der Waals surface area contributed by atoms with Gasteiger partial charge in [-0.05, 0) is 98.3 Å². The zero-order valence-corrected chi connectivity index (χ0v) is 66.5. The molecule has 1 heterocycles. The molecular weight excluding hydrogens is 1360 g/mol. The molecule has 28 heteroatoms. The number of primary amides is 1. The number of ether oxygens (including phenoxy) is 3. The van der Waals surface area contributed by atoms with Crippen molar-refractivity contribution in [3.8, 4) is 0 Å². The number of anilines is 1. The molecule has 1 fully saturated rings. The molecule has 13 atom stereocenters. The maximum Gasteiger partial charge on any atom is 0.410 e. The van der Waals surface area contributed by atoms with E-state index in [1.807, 2.05) is 92.6 Å². The predicted molar refractivity (Wildman–Crippen MR) is 405 cm³/mol. The quantitative estimate of drug-likeness (QED) is 0.0302. The first-order valence-corrected chi connectivity index (χ1v) is 37.5. The van der Waals surface area contributed by atoms with Crippen LogP contribution in [0.5, 0.6) is 0 Å². The van der Waals surface area contributed by atoms with Gasteiger partial charge in [0.2, 0.25) is 47.3 Å². The van der Waals surface area contributed by atoms with E-state index in [-0.39, 0.29) is 159 Å². The van der Waals surface area contributed by atoms with Gasteiger partial charge >= 0.3 is 12.1 Å². The summed E-state index contributed by atoms with van der Waals surface area (Å²) in [5, 5.41) is 26.6. The first-order valence-electron chi connectivity index (χ1n) is 37.5. The Morgan fingerprint density at radius 1 is 0.660 bits per heavy atom. The number of nitrogens with zero attached hydrogens (tertiary/aromatic N) is 4. The number of Topliss-reactive ketones (excluding diaryl/α,β-unsaturated/α-hetero) is 3. The van der Waals surface area contributed by atoms with E-state index in [9.17, 15) is 67.4 Å². The molecule has 0 bridgehead atoms. The van der Waals surface area contributed by atoms with Crippen molar-refractivity contribution in [1.82, 2.24) is 46.2 Å². The van der Waals surface area contributed by atoms with Crippen LogP contribution in [0.15, 0.2) is 54.6 Å². The summed E-state index contributed by atoms with van der Waals surface area (Å²) in [7, 11) is 10.8. The van der Waals surface area contributed by atoms with Gasteiger partial charge in [0.15, 0.2) is 11.6 Å². The third kappa shape index (κ3) is 30.8. The van der Waals surface area contributed by atoms with Crippen molar-refractivity contribution < 1.29 is 81.6 Å². The number of aliphatic hydroxyl groups is 1. The van der Waals surface area contributed by atoms with Crippen molar-refractivity contribution in [3.05, 3.63) is 65.7 Å². The molecule has 2 aromatic carbocycles. The lowest BCUT2D eigenvalue weighted by molar-refractivity contribution is -0.149. The number of nitrogens with one attached hydrogen (secondary N) is 6. The number of benzene rings is 2. The summed E-state index contributed by atoms with van der Waals surface area (Å²) in [5.41, 5.74) is 6.93. The molecule has 0 saturated carbocycles. The number of carbonyl (C=O) groups is 13. The molecule has 596 valence electrons. The van der Waals surface area contributed by atoms with Crippen molar-refractivity contribution in [2.75, 3.05) is 74.4 Å². The SMILES string of the molecule is CCCC(=O)N(C)CC(=O)NC(C)C(=O)NC.CC[C@H](C)[C@@H]([C@@H](CC(=O)N1CCC[C@H]1[C@H](OC)[C@@H](C)C(=O)C[C@H](C)[C@@H](O)c1ccccc1)OC)N(C)C(=O)[C@@H](CC(=O)[C@H](C(C)C)N(C)C(=O)OCc1ccc(NC(=O)[C@H](CCCNC(N)=O)CC(=O)[C@@H](NC(=O)CCCC(=O)NC)C(C)C)cc1)C(C)C. The third-order valence-corrected chi connectivity index (χ3v) is 19.9. The molecule has 1 aliphatic heterocycles. The van der Waals surface area contributed by atoms with Crippen LogP contribution >= 0.6 is 0 Å². The molecule has 0 aromatic heterocycles. The Bertz CT molecular complexity index is 3150. The van der Waals surface area contributed by atoms with E-state index in [4.69, 9.17) is 19.9 Å². The van der Waals surface area contributed by atoms with Crippen molar-refractivity contribution >= 4 is 82.4 Å². The van der Waals surface area contributed by atoms with Crippen LogP contribution in [0.3, 0.4) is 0 Å². The summed E-state index contributed by atoms with van der Waals surface area (Å²) in [6.45, 7) is 22.5. The number of hydrogen-bond donors (Lipinski definition) is 8. The number of amides is 11. The normalized spacial score (nSPS) is 16.1. The number of methoxy groups -OCH3 is 2. The second-order valence-electron chi connectivity index (χ2n) is 29.2. The lowest BCUT2D eigenvalue weighted by Gasteiger charge is -2.41. The molecule has 1 aliphatic rings. The minimum Gasteiger partial charge on any atom is -0.445 e. The van der Waals surface area contributed by atoms with Gasteiger partial charge < -0.3 is 76.6 Å². The van der Waals surface area contributed by atoms with Gasteiger partial charge in [-0.25, -0.2) is 9.59 Å². The average Bonchev–Trinajstić information content (AvgIpc) is 1.43. The van der Waals surface area contributed by atoms with Gasteiger partial charge in [0.05, 0.1) is 55.4 Å². The second-order valence-corrected chi connectivity index (χ2v) is 29.2. The Morgan fingerprint density at radius 2 is 1.29 bits per heavy atom. The molecule has 0 aliphatic carbocycles. The van der Waals surface area contributed by atoms with Gasteiger partial charge in [0, 0.05) is 125 Å². The molecule has 1 saturated heterocycles. The van der Waals surface area contributed by atoms with Crippen molar-refractivity contribution in [2.45, 2.75) is 228 Å². The van der Waals surface area contributed by atoms with Crippen LogP contribution in [0, 0.1) is 47.3 Å². The van der Waals surface area contributed by atoms with Crippen LogP contribution in [0.25, 0.3) is 0 Å². The number of hydrogen-bond acceptors (Lipinski definition) is 17. The summed E-state index contributed by atoms with van der Waals surface area (Å²) >= 11 is 0. The number of carbonyl (C=O) groups excluding carboxylic acids is 13. The molecule has 3 rings (SSSR count). The highest BCUT2D eigenvalue weighted by Crippen LogP contribution is 2.34. The predicted octanol–water partition coefficient (Wildman–Crippen LogP) is 7.28. The van der Waals surface area contributed by atoms with Crippen LogP contribution in [-0.2, 0) is 73.6 Å². The maximum absolute atomic E-state index is 14.9. The zero-order valence-electron chi connectivity index (χ0n) is 66.5. The maximum atomic E-state index is 14.9. The fourth-order valence-electron chi connectivity index (χ4n) is 13.4. The van der Waals surface area contributed by atoms with Gasteiger partial charge in [-0.15, -0.1) is 0 Å². The third-order valence-electron chi connectivity index (χ3n) is 19.9. The molecule has 0 radical (unpaired) electrons. The Kier molecular flexibility index (Phi) is 42.5. The number of ketones is 3. The molecule has 106 heavy (non-hydrogen) atoms. The molecule has 11 amide bonds. The van der Waals surface area contributed by atoms with E-state index in [1.54, 1.807) is 76.0 Å². The van der Waals surface area contributed by atoms with Crippen molar-refractivity contribution in [3.63, 3.8) is 0 Å². The highest BCUT2D eigenvalue weighted by molar-refractivity contribution is 5.98. The van der Waals surface area contributed by atoms with Crippen LogP contribution in [0.4, 0.5) is 15.3 Å². The number of aliphatic hydroxyl groups excluding tert-OH is 1. The lowest BCUT2D eigenvalue weighted by atomic mass is 9.83. The van der Waals surface area contributed by atoms with Gasteiger partial charge in [-0.2, -0.15) is 0 Å². The van der Waals surface area contributed by atoms with E-state index in [2.05, 4.69) is 31.9 Å². The largest absolute Gasteiger partial charge is 0.445 e. The number of nitrogens with two attached hydrogens (primary N) is 1. The van der Waals surface area contributed by atoms with Crippen LogP contribution < -0.4 is 37.6 Å². The highest BCUT2D eigenvalue weighted by atomic mass is 16.6. The minimum atomic E-state index is -0.959.